The molecule has 0 bridgehead atoms. The molecular weight excluding hydrogens is 193 g/mol. The van der Waals surface area contributed by atoms with Crippen molar-refractivity contribution < 1.29 is 4.39 Å². The summed E-state index contributed by atoms with van der Waals surface area (Å²) in [7, 11) is 1.81. The van der Waals surface area contributed by atoms with Gasteiger partial charge in [-0.3, -0.25) is 4.68 Å². The van der Waals surface area contributed by atoms with Gasteiger partial charge in [0.25, 0.3) is 0 Å². The third-order valence-corrected chi connectivity index (χ3v) is 2.66. The van der Waals surface area contributed by atoms with Gasteiger partial charge in [-0.2, -0.15) is 5.10 Å². The number of halogens is 1. The van der Waals surface area contributed by atoms with Crippen molar-refractivity contribution in [1.82, 2.24) is 9.78 Å². The third-order valence-electron chi connectivity index (χ3n) is 2.66. The van der Waals surface area contributed by atoms with Crippen LogP contribution in [-0.2, 0) is 7.05 Å². The highest BCUT2D eigenvalue weighted by atomic mass is 19.1. The fourth-order valence-corrected chi connectivity index (χ4v) is 1.73. The smallest absolute Gasteiger partial charge is 0.125 e. The summed E-state index contributed by atoms with van der Waals surface area (Å²) < 4.78 is 14.7. The zero-order valence-electron chi connectivity index (χ0n) is 8.87. The van der Waals surface area contributed by atoms with Crippen LogP contribution >= 0.6 is 0 Å². The molecule has 2 rings (SSSR count). The Balaban J connectivity index is 2.68. The van der Waals surface area contributed by atoms with Gasteiger partial charge in [-0.25, -0.2) is 4.39 Å². The van der Waals surface area contributed by atoms with Gasteiger partial charge in [-0.05, 0) is 18.2 Å². The van der Waals surface area contributed by atoms with Crippen LogP contribution in [0.15, 0.2) is 18.2 Å². The van der Waals surface area contributed by atoms with E-state index >= 15 is 0 Å². The molecule has 4 heteroatoms. The van der Waals surface area contributed by atoms with Gasteiger partial charge in [0, 0.05) is 24.9 Å². The predicted molar refractivity (Wildman–Crippen MR) is 58.1 cm³/mol. The zero-order chi connectivity index (χ0) is 11.0. The first-order valence-corrected chi connectivity index (χ1v) is 4.95. The lowest BCUT2D eigenvalue weighted by Gasteiger charge is -2.03. The van der Waals surface area contributed by atoms with Crippen LogP contribution in [0.1, 0.15) is 18.5 Å². The molecule has 1 unspecified atom stereocenters. The largest absolute Gasteiger partial charge is 0.330 e. The SMILES string of the molecule is CC(CN)c1nn(C)c2cc(F)ccc12. The first-order chi connectivity index (χ1) is 7.13. The van der Waals surface area contributed by atoms with E-state index in [-0.39, 0.29) is 11.7 Å². The summed E-state index contributed by atoms with van der Waals surface area (Å²) in [6.07, 6.45) is 0. The Hall–Kier alpha value is -1.42. The number of hydrogen-bond acceptors (Lipinski definition) is 2. The first-order valence-electron chi connectivity index (χ1n) is 4.95. The molecule has 15 heavy (non-hydrogen) atoms. The summed E-state index contributed by atoms with van der Waals surface area (Å²) in [6, 6.07) is 4.71. The second-order valence-corrected chi connectivity index (χ2v) is 3.81. The molecule has 80 valence electrons. The van der Waals surface area contributed by atoms with Gasteiger partial charge >= 0.3 is 0 Å². The normalized spacial score (nSPS) is 13.3. The summed E-state index contributed by atoms with van der Waals surface area (Å²) in [5.74, 6) is -0.0448. The highest BCUT2D eigenvalue weighted by Crippen LogP contribution is 2.24. The highest BCUT2D eigenvalue weighted by molar-refractivity contribution is 5.82. The Labute approximate surface area is 87.7 Å². The minimum absolute atomic E-state index is 0.194. The van der Waals surface area contributed by atoms with Crippen LogP contribution < -0.4 is 5.73 Å². The minimum Gasteiger partial charge on any atom is -0.330 e. The Morgan fingerprint density at radius 3 is 2.93 bits per heavy atom. The number of benzene rings is 1. The van der Waals surface area contributed by atoms with E-state index in [9.17, 15) is 4.39 Å². The number of aryl methyl sites for hydroxylation is 1. The lowest BCUT2D eigenvalue weighted by atomic mass is 10.0. The van der Waals surface area contributed by atoms with E-state index in [2.05, 4.69) is 5.10 Å². The highest BCUT2D eigenvalue weighted by Gasteiger charge is 2.13. The molecule has 1 heterocycles. The number of fused-ring (bicyclic) bond motifs is 1. The van der Waals surface area contributed by atoms with Crippen molar-refractivity contribution in [3.63, 3.8) is 0 Å². The van der Waals surface area contributed by atoms with E-state index in [1.807, 2.05) is 14.0 Å². The fourth-order valence-electron chi connectivity index (χ4n) is 1.73. The van der Waals surface area contributed by atoms with Crippen LogP contribution in [0.25, 0.3) is 10.9 Å². The van der Waals surface area contributed by atoms with Gasteiger partial charge < -0.3 is 5.73 Å². The Bertz CT molecular complexity index is 490. The van der Waals surface area contributed by atoms with E-state index in [4.69, 9.17) is 5.73 Å². The predicted octanol–water partition coefficient (Wildman–Crippen LogP) is 1.77. The zero-order valence-corrected chi connectivity index (χ0v) is 8.87. The number of nitrogens with two attached hydrogens (primary N) is 1. The van der Waals surface area contributed by atoms with Gasteiger partial charge in [0.1, 0.15) is 5.82 Å². The molecule has 0 amide bonds. The Morgan fingerprint density at radius 1 is 1.53 bits per heavy atom. The van der Waals surface area contributed by atoms with E-state index < -0.39 is 0 Å². The van der Waals surface area contributed by atoms with Crippen molar-refractivity contribution >= 4 is 10.9 Å². The number of nitrogens with zero attached hydrogens (tertiary/aromatic N) is 2. The quantitative estimate of drug-likeness (QED) is 0.815. The van der Waals surface area contributed by atoms with Crippen LogP contribution in [-0.4, -0.2) is 16.3 Å². The summed E-state index contributed by atoms with van der Waals surface area (Å²) in [6.45, 7) is 2.56. The molecule has 0 saturated carbocycles. The summed E-state index contributed by atoms with van der Waals surface area (Å²) >= 11 is 0. The van der Waals surface area contributed by atoms with E-state index in [1.165, 1.54) is 12.1 Å². The van der Waals surface area contributed by atoms with E-state index in [0.717, 1.165) is 16.6 Å². The lowest BCUT2D eigenvalue weighted by Crippen LogP contribution is -2.09. The molecule has 0 spiro atoms. The van der Waals surface area contributed by atoms with E-state index in [0.29, 0.717) is 6.54 Å². The van der Waals surface area contributed by atoms with Crippen molar-refractivity contribution in [1.29, 1.82) is 0 Å². The Kier molecular flexibility index (Phi) is 2.44. The van der Waals surface area contributed by atoms with Gasteiger partial charge in [-0.1, -0.05) is 6.92 Å². The average molecular weight is 207 g/mol. The molecule has 2 aromatic rings. The minimum atomic E-state index is -0.238. The molecular formula is C11H14FN3. The van der Waals surface area contributed by atoms with E-state index in [1.54, 1.807) is 10.7 Å². The standard InChI is InChI=1S/C11H14FN3/c1-7(6-13)11-9-4-3-8(12)5-10(9)15(2)14-11/h3-5,7H,6,13H2,1-2H3. The van der Waals surface area contributed by atoms with Crippen molar-refractivity contribution in [3.8, 4) is 0 Å². The molecule has 0 aliphatic rings. The fraction of sp³-hybridized carbons (Fsp3) is 0.364. The molecule has 3 nitrogen and oxygen atoms in total. The van der Waals surface area contributed by atoms with Crippen LogP contribution in [0.5, 0.6) is 0 Å². The molecule has 0 saturated heterocycles. The molecule has 0 aliphatic carbocycles. The topological polar surface area (TPSA) is 43.8 Å². The molecule has 1 aromatic heterocycles. The van der Waals surface area contributed by atoms with Gasteiger partial charge in [0.2, 0.25) is 0 Å². The second-order valence-electron chi connectivity index (χ2n) is 3.81. The summed E-state index contributed by atoms with van der Waals surface area (Å²) in [5, 5.41) is 5.35. The molecule has 0 aliphatic heterocycles. The maximum Gasteiger partial charge on any atom is 0.125 e. The molecule has 1 atom stereocenters. The van der Waals surface area contributed by atoms with Gasteiger partial charge in [0.15, 0.2) is 0 Å². The lowest BCUT2D eigenvalue weighted by molar-refractivity contribution is 0.628. The van der Waals surface area contributed by atoms with Crippen molar-refractivity contribution in [2.45, 2.75) is 12.8 Å². The number of aromatic nitrogens is 2. The maximum absolute atomic E-state index is 13.0. The third kappa shape index (κ3) is 1.61. The van der Waals surface area contributed by atoms with Crippen LogP contribution in [0.2, 0.25) is 0 Å². The molecule has 0 fully saturated rings. The first kappa shape index (κ1) is 10.1. The van der Waals surface area contributed by atoms with Crippen molar-refractivity contribution in [3.05, 3.63) is 29.7 Å². The van der Waals surface area contributed by atoms with Crippen molar-refractivity contribution in [2.24, 2.45) is 12.8 Å². The maximum atomic E-state index is 13.0. The van der Waals surface area contributed by atoms with Crippen LogP contribution in [0.3, 0.4) is 0 Å². The van der Waals surface area contributed by atoms with Gasteiger partial charge in [0.05, 0.1) is 11.2 Å². The monoisotopic (exact) mass is 207 g/mol. The number of rotatable bonds is 2. The average Bonchev–Trinajstić information content (AvgIpc) is 2.55. The molecule has 1 aromatic carbocycles. The Morgan fingerprint density at radius 2 is 2.27 bits per heavy atom. The van der Waals surface area contributed by atoms with Crippen molar-refractivity contribution in [2.75, 3.05) is 6.54 Å². The molecule has 0 radical (unpaired) electrons. The van der Waals surface area contributed by atoms with Gasteiger partial charge in [-0.15, -0.1) is 0 Å². The summed E-state index contributed by atoms with van der Waals surface area (Å²) in [4.78, 5) is 0. The summed E-state index contributed by atoms with van der Waals surface area (Å²) in [5.41, 5.74) is 7.36. The number of hydrogen-bond donors (Lipinski definition) is 1. The second kappa shape index (κ2) is 3.62. The molecule has 2 N–H and O–H groups in total. The van der Waals surface area contributed by atoms with Crippen LogP contribution in [0.4, 0.5) is 4.39 Å². The van der Waals surface area contributed by atoms with Crippen LogP contribution in [0, 0.1) is 5.82 Å².